The molecule has 4 nitrogen and oxygen atoms in total. The van der Waals surface area contributed by atoms with Crippen molar-refractivity contribution in [1.82, 2.24) is 15.1 Å². The van der Waals surface area contributed by atoms with E-state index < -0.39 is 11.7 Å². The Morgan fingerprint density at radius 2 is 2.17 bits per heavy atom. The zero-order chi connectivity index (χ0) is 16.4. The largest absolute Gasteiger partial charge is 0.424 e. The number of alkyl halides is 3. The van der Waals surface area contributed by atoms with Gasteiger partial charge >= 0.3 is 6.18 Å². The number of aryl methyl sites for hydroxylation is 1. The highest BCUT2D eigenvalue weighted by molar-refractivity contribution is 7.99. The van der Waals surface area contributed by atoms with Gasteiger partial charge in [-0.3, -0.25) is 4.90 Å². The van der Waals surface area contributed by atoms with E-state index in [1.807, 2.05) is 0 Å². The SMILES string of the molecule is Cc1nnc(CN2CCSC[C@@H]2c2cccc(C(F)(F)F)c2)o1. The first-order chi connectivity index (χ1) is 10.9. The molecular weight excluding hydrogens is 327 g/mol. The van der Waals surface area contributed by atoms with Gasteiger partial charge in [-0.25, -0.2) is 0 Å². The fourth-order valence-electron chi connectivity index (χ4n) is 2.63. The second kappa shape index (κ2) is 6.52. The summed E-state index contributed by atoms with van der Waals surface area (Å²) in [5.74, 6) is 2.66. The summed E-state index contributed by atoms with van der Waals surface area (Å²) >= 11 is 1.74. The van der Waals surface area contributed by atoms with E-state index in [-0.39, 0.29) is 6.04 Å². The average Bonchev–Trinajstić information content (AvgIpc) is 2.92. The topological polar surface area (TPSA) is 42.2 Å². The van der Waals surface area contributed by atoms with Crippen molar-refractivity contribution in [3.63, 3.8) is 0 Å². The molecule has 3 rings (SSSR count). The lowest BCUT2D eigenvalue weighted by molar-refractivity contribution is -0.137. The Balaban J connectivity index is 1.83. The predicted molar refractivity (Wildman–Crippen MR) is 81.0 cm³/mol. The lowest BCUT2D eigenvalue weighted by atomic mass is 10.0. The fourth-order valence-corrected chi connectivity index (χ4v) is 3.79. The molecule has 1 aliphatic heterocycles. The normalized spacial score (nSPS) is 19.9. The van der Waals surface area contributed by atoms with Gasteiger partial charge in [-0.1, -0.05) is 12.1 Å². The molecule has 1 aromatic heterocycles. The highest BCUT2D eigenvalue weighted by Gasteiger charge is 2.32. The van der Waals surface area contributed by atoms with E-state index in [1.54, 1.807) is 24.8 Å². The summed E-state index contributed by atoms with van der Waals surface area (Å²) in [5, 5.41) is 7.78. The van der Waals surface area contributed by atoms with Gasteiger partial charge in [0.2, 0.25) is 11.8 Å². The first-order valence-corrected chi connectivity index (χ1v) is 8.37. The molecule has 2 heterocycles. The van der Waals surface area contributed by atoms with Crippen LogP contribution in [0.4, 0.5) is 13.2 Å². The molecule has 2 aromatic rings. The minimum atomic E-state index is -4.33. The molecule has 0 bridgehead atoms. The van der Waals surface area contributed by atoms with E-state index in [2.05, 4.69) is 15.1 Å². The zero-order valence-corrected chi connectivity index (χ0v) is 13.3. The van der Waals surface area contributed by atoms with Gasteiger partial charge < -0.3 is 4.42 Å². The molecule has 0 unspecified atom stereocenters. The van der Waals surface area contributed by atoms with Crippen molar-refractivity contribution in [3.8, 4) is 0 Å². The van der Waals surface area contributed by atoms with Crippen molar-refractivity contribution in [2.45, 2.75) is 25.7 Å². The minimum Gasteiger partial charge on any atom is -0.424 e. The maximum atomic E-state index is 12.9. The van der Waals surface area contributed by atoms with Crippen molar-refractivity contribution in [3.05, 3.63) is 47.2 Å². The molecule has 23 heavy (non-hydrogen) atoms. The van der Waals surface area contributed by atoms with Gasteiger partial charge in [-0.15, -0.1) is 10.2 Å². The van der Waals surface area contributed by atoms with Gasteiger partial charge in [0.15, 0.2) is 0 Å². The van der Waals surface area contributed by atoms with E-state index >= 15 is 0 Å². The number of rotatable bonds is 3. The van der Waals surface area contributed by atoms with E-state index in [0.29, 0.717) is 23.9 Å². The van der Waals surface area contributed by atoms with E-state index in [9.17, 15) is 13.2 Å². The second-order valence-electron chi connectivity index (χ2n) is 5.40. The van der Waals surface area contributed by atoms with E-state index in [0.717, 1.165) is 24.1 Å². The lowest BCUT2D eigenvalue weighted by Gasteiger charge is -2.34. The highest BCUT2D eigenvalue weighted by atomic mass is 32.2. The Labute approximate surface area is 136 Å². The third-order valence-electron chi connectivity index (χ3n) is 3.74. The summed E-state index contributed by atoms with van der Waals surface area (Å²) < 4.78 is 44.2. The minimum absolute atomic E-state index is 0.0942. The maximum absolute atomic E-state index is 12.9. The smallest absolute Gasteiger partial charge is 0.416 e. The first-order valence-electron chi connectivity index (χ1n) is 7.21. The molecule has 0 amide bonds. The van der Waals surface area contributed by atoms with Crippen molar-refractivity contribution < 1.29 is 17.6 Å². The van der Waals surface area contributed by atoms with Crippen LogP contribution in [0, 0.1) is 6.92 Å². The van der Waals surface area contributed by atoms with Gasteiger partial charge in [0.1, 0.15) is 0 Å². The van der Waals surface area contributed by atoms with Gasteiger partial charge in [0.05, 0.1) is 12.1 Å². The molecule has 1 aromatic carbocycles. The zero-order valence-electron chi connectivity index (χ0n) is 12.5. The summed E-state index contributed by atoms with van der Waals surface area (Å²) in [5.41, 5.74) is 0.0578. The lowest BCUT2D eigenvalue weighted by Crippen LogP contribution is -2.35. The molecular formula is C15H16F3N3OS. The third kappa shape index (κ3) is 3.87. The summed E-state index contributed by atoms with van der Waals surface area (Å²) in [7, 11) is 0. The molecule has 1 aliphatic rings. The number of aromatic nitrogens is 2. The van der Waals surface area contributed by atoms with Crippen molar-refractivity contribution in [2.75, 3.05) is 18.1 Å². The monoisotopic (exact) mass is 343 g/mol. The van der Waals surface area contributed by atoms with Crippen LogP contribution in [0.2, 0.25) is 0 Å². The van der Waals surface area contributed by atoms with Gasteiger partial charge in [-0.05, 0) is 17.7 Å². The molecule has 0 N–H and O–H groups in total. The Morgan fingerprint density at radius 1 is 1.35 bits per heavy atom. The number of hydrogen-bond acceptors (Lipinski definition) is 5. The number of nitrogens with zero attached hydrogens (tertiary/aromatic N) is 3. The number of halogens is 3. The van der Waals surface area contributed by atoms with E-state index in [4.69, 9.17) is 4.42 Å². The number of hydrogen-bond donors (Lipinski definition) is 0. The Bertz CT molecular complexity index is 674. The molecule has 0 aliphatic carbocycles. The molecule has 1 atom stereocenters. The van der Waals surface area contributed by atoms with Crippen LogP contribution in [0.15, 0.2) is 28.7 Å². The quantitative estimate of drug-likeness (QED) is 0.850. The van der Waals surface area contributed by atoms with E-state index in [1.165, 1.54) is 12.1 Å². The van der Waals surface area contributed by atoms with Crippen molar-refractivity contribution in [2.24, 2.45) is 0 Å². The molecule has 8 heteroatoms. The highest BCUT2D eigenvalue weighted by Crippen LogP contribution is 2.35. The summed E-state index contributed by atoms with van der Waals surface area (Å²) in [6, 6.07) is 5.46. The first kappa shape index (κ1) is 16.3. The van der Waals surface area contributed by atoms with Crippen LogP contribution in [0.1, 0.15) is 29.0 Å². The molecule has 0 saturated carbocycles. The van der Waals surface area contributed by atoms with Crippen LogP contribution in [-0.2, 0) is 12.7 Å². The third-order valence-corrected chi connectivity index (χ3v) is 4.77. The molecule has 124 valence electrons. The van der Waals surface area contributed by atoms with Crippen molar-refractivity contribution >= 4 is 11.8 Å². The van der Waals surface area contributed by atoms with Crippen LogP contribution < -0.4 is 0 Å². The van der Waals surface area contributed by atoms with Crippen LogP contribution in [-0.4, -0.2) is 33.1 Å². The standard InChI is InChI=1S/C15H16F3N3OS/c1-10-19-20-14(22-10)8-21-5-6-23-9-13(21)11-3-2-4-12(7-11)15(16,17)18/h2-4,7,13H,5-6,8-9H2,1H3/t13-/m1/s1. The summed E-state index contributed by atoms with van der Waals surface area (Å²) in [6.07, 6.45) is -4.33. The number of thioether (sulfide) groups is 1. The Hall–Kier alpha value is -1.54. The summed E-state index contributed by atoms with van der Waals surface area (Å²) in [4.78, 5) is 2.10. The van der Waals surface area contributed by atoms with Crippen molar-refractivity contribution in [1.29, 1.82) is 0 Å². The van der Waals surface area contributed by atoms with Crippen LogP contribution in [0.25, 0.3) is 0 Å². The van der Waals surface area contributed by atoms with Gasteiger partial charge in [0, 0.05) is 31.0 Å². The summed E-state index contributed by atoms with van der Waals surface area (Å²) in [6.45, 7) is 2.93. The molecule has 0 radical (unpaired) electrons. The number of benzene rings is 1. The fraction of sp³-hybridized carbons (Fsp3) is 0.467. The van der Waals surface area contributed by atoms with Crippen LogP contribution >= 0.6 is 11.8 Å². The molecule has 1 saturated heterocycles. The van der Waals surface area contributed by atoms with Gasteiger partial charge in [0.25, 0.3) is 0 Å². The maximum Gasteiger partial charge on any atom is 0.416 e. The Morgan fingerprint density at radius 3 is 2.87 bits per heavy atom. The molecule has 1 fully saturated rings. The average molecular weight is 343 g/mol. The van der Waals surface area contributed by atoms with Crippen LogP contribution in [0.3, 0.4) is 0 Å². The predicted octanol–water partition coefficient (Wildman–Crippen LogP) is 3.69. The Kier molecular flexibility index (Phi) is 4.63. The molecule has 0 spiro atoms. The second-order valence-corrected chi connectivity index (χ2v) is 6.55. The van der Waals surface area contributed by atoms with Gasteiger partial charge in [-0.2, -0.15) is 24.9 Å². The van der Waals surface area contributed by atoms with Crippen LogP contribution in [0.5, 0.6) is 0 Å².